The minimum atomic E-state index is -0.591. The van der Waals surface area contributed by atoms with Gasteiger partial charge in [-0.15, -0.1) is 24.8 Å². The van der Waals surface area contributed by atoms with Crippen LogP contribution in [0.3, 0.4) is 0 Å². The first kappa shape index (κ1) is 25.1. The lowest BCUT2D eigenvalue weighted by molar-refractivity contribution is -0.122. The van der Waals surface area contributed by atoms with E-state index < -0.39 is 6.04 Å². The van der Waals surface area contributed by atoms with Crippen molar-refractivity contribution in [2.75, 3.05) is 26.2 Å². The molecule has 0 saturated carbocycles. The summed E-state index contributed by atoms with van der Waals surface area (Å²) >= 11 is 0. The average molecular weight is 406 g/mol. The number of rotatable bonds is 7. The van der Waals surface area contributed by atoms with E-state index in [4.69, 9.17) is 10.5 Å². The molecule has 0 spiro atoms. The van der Waals surface area contributed by atoms with E-state index in [0.29, 0.717) is 18.8 Å². The van der Waals surface area contributed by atoms with Gasteiger partial charge in [0, 0.05) is 19.6 Å². The molecule has 5 nitrogen and oxygen atoms in total. The molecular formula is C19H33Cl2N3O2. The van der Waals surface area contributed by atoms with Gasteiger partial charge in [0.2, 0.25) is 5.91 Å². The van der Waals surface area contributed by atoms with Gasteiger partial charge in [0.1, 0.15) is 6.04 Å². The van der Waals surface area contributed by atoms with Crippen molar-refractivity contribution in [1.29, 1.82) is 0 Å². The third-order valence-electron chi connectivity index (χ3n) is 4.41. The Hall–Kier alpha value is -0.850. The Morgan fingerprint density at radius 1 is 1.19 bits per heavy atom. The van der Waals surface area contributed by atoms with Crippen LogP contribution in [0.1, 0.15) is 43.9 Å². The lowest BCUT2D eigenvalue weighted by Gasteiger charge is -2.35. The number of aryl methyl sites for hydroxylation is 1. The fourth-order valence-corrected chi connectivity index (χ4v) is 3.17. The first-order valence-corrected chi connectivity index (χ1v) is 8.93. The molecule has 1 aliphatic heterocycles. The van der Waals surface area contributed by atoms with Gasteiger partial charge in [0.25, 0.3) is 0 Å². The molecule has 26 heavy (non-hydrogen) atoms. The zero-order valence-electron chi connectivity index (χ0n) is 15.9. The van der Waals surface area contributed by atoms with Crippen LogP contribution in [-0.4, -0.2) is 49.2 Å². The van der Waals surface area contributed by atoms with Crippen LogP contribution in [0, 0.1) is 6.92 Å². The zero-order chi connectivity index (χ0) is 17.5. The van der Waals surface area contributed by atoms with E-state index in [9.17, 15) is 4.79 Å². The van der Waals surface area contributed by atoms with Gasteiger partial charge in [-0.25, -0.2) is 0 Å². The van der Waals surface area contributed by atoms with Crippen molar-refractivity contribution in [2.45, 2.75) is 51.9 Å². The van der Waals surface area contributed by atoms with E-state index in [1.165, 1.54) is 0 Å². The number of nitrogens with two attached hydrogens (primary N) is 1. The molecule has 3 atom stereocenters. The van der Waals surface area contributed by atoms with E-state index in [2.05, 4.69) is 24.1 Å². The second kappa shape index (κ2) is 12.5. The molecule has 3 unspecified atom stereocenters. The lowest BCUT2D eigenvalue weighted by Crippen LogP contribution is -2.45. The SMILES string of the molecule is Cc1ccc(C(N)C(=O)NCCCCN2CC(C)OC(C)C2)cc1.Cl.Cl. The number of benzene rings is 1. The third kappa shape index (κ3) is 8.23. The quantitative estimate of drug-likeness (QED) is 0.684. The van der Waals surface area contributed by atoms with E-state index in [-0.39, 0.29) is 30.7 Å². The molecule has 0 bridgehead atoms. The van der Waals surface area contributed by atoms with Crippen molar-refractivity contribution in [3.8, 4) is 0 Å². The minimum Gasteiger partial charge on any atom is -0.373 e. The van der Waals surface area contributed by atoms with Gasteiger partial charge in [-0.05, 0) is 45.7 Å². The lowest BCUT2D eigenvalue weighted by atomic mass is 10.1. The molecule has 1 saturated heterocycles. The summed E-state index contributed by atoms with van der Waals surface area (Å²) in [6, 6.07) is 7.20. The molecule has 1 aromatic rings. The van der Waals surface area contributed by atoms with Gasteiger partial charge < -0.3 is 15.8 Å². The first-order valence-electron chi connectivity index (χ1n) is 8.93. The van der Waals surface area contributed by atoms with Gasteiger partial charge in [0.15, 0.2) is 0 Å². The second-order valence-corrected chi connectivity index (χ2v) is 6.90. The number of nitrogens with one attached hydrogen (secondary N) is 1. The highest BCUT2D eigenvalue weighted by Crippen LogP contribution is 2.12. The Morgan fingerprint density at radius 3 is 2.35 bits per heavy atom. The second-order valence-electron chi connectivity index (χ2n) is 6.90. The minimum absolute atomic E-state index is 0. The highest BCUT2D eigenvalue weighted by molar-refractivity contribution is 5.85. The number of morpholine rings is 1. The van der Waals surface area contributed by atoms with Crippen LogP contribution in [-0.2, 0) is 9.53 Å². The molecule has 1 aromatic carbocycles. The fraction of sp³-hybridized carbons (Fsp3) is 0.632. The maximum atomic E-state index is 12.1. The number of carbonyl (C=O) groups excluding carboxylic acids is 1. The predicted octanol–water partition coefficient (Wildman–Crippen LogP) is 2.84. The van der Waals surface area contributed by atoms with Crippen LogP contribution in [0.2, 0.25) is 0 Å². The largest absolute Gasteiger partial charge is 0.373 e. The average Bonchev–Trinajstić information content (AvgIpc) is 2.53. The summed E-state index contributed by atoms with van der Waals surface area (Å²) in [7, 11) is 0. The fourth-order valence-electron chi connectivity index (χ4n) is 3.17. The Bertz CT molecular complexity index is 518. The first-order chi connectivity index (χ1) is 11.5. The summed E-state index contributed by atoms with van der Waals surface area (Å²) in [5, 5.41) is 2.94. The molecular weight excluding hydrogens is 373 g/mol. The topological polar surface area (TPSA) is 67.6 Å². The number of amides is 1. The zero-order valence-corrected chi connectivity index (χ0v) is 17.6. The van der Waals surface area contributed by atoms with Gasteiger partial charge >= 0.3 is 0 Å². The number of nitrogens with zero attached hydrogens (tertiary/aromatic N) is 1. The number of halogens is 2. The highest BCUT2D eigenvalue weighted by atomic mass is 35.5. The predicted molar refractivity (Wildman–Crippen MR) is 111 cm³/mol. The van der Waals surface area contributed by atoms with Crippen LogP contribution in [0.25, 0.3) is 0 Å². The van der Waals surface area contributed by atoms with Crippen molar-refractivity contribution in [3.05, 3.63) is 35.4 Å². The van der Waals surface area contributed by atoms with Crippen molar-refractivity contribution in [2.24, 2.45) is 5.73 Å². The van der Waals surface area contributed by atoms with Gasteiger partial charge in [-0.1, -0.05) is 29.8 Å². The number of ether oxygens (including phenoxy) is 1. The van der Waals surface area contributed by atoms with Gasteiger partial charge in [-0.3, -0.25) is 9.69 Å². The normalized spacial score (nSPS) is 21.2. The van der Waals surface area contributed by atoms with Gasteiger partial charge in [0.05, 0.1) is 12.2 Å². The van der Waals surface area contributed by atoms with Crippen molar-refractivity contribution < 1.29 is 9.53 Å². The molecule has 7 heteroatoms. The molecule has 1 aliphatic rings. The number of unbranched alkanes of at least 4 members (excludes halogenated alkanes) is 1. The van der Waals surface area contributed by atoms with E-state index in [1.54, 1.807) is 0 Å². The van der Waals surface area contributed by atoms with E-state index >= 15 is 0 Å². The molecule has 0 radical (unpaired) electrons. The number of carbonyl (C=O) groups is 1. The van der Waals surface area contributed by atoms with Crippen molar-refractivity contribution in [3.63, 3.8) is 0 Å². The maximum Gasteiger partial charge on any atom is 0.241 e. The van der Waals surface area contributed by atoms with Crippen LogP contribution in [0.5, 0.6) is 0 Å². The van der Waals surface area contributed by atoms with E-state index in [1.807, 2.05) is 31.2 Å². The summed E-state index contributed by atoms with van der Waals surface area (Å²) in [6.45, 7) is 9.98. The molecule has 1 amide bonds. The van der Waals surface area contributed by atoms with Crippen molar-refractivity contribution in [1.82, 2.24) is 10.2 Å². The van der Waals surface area contributed by atoms with Gasteiger partial charge in [-0.2, -0.15) is 0 Å². The third-order valence-corrected chi connectivity index (χ3v) is 4.41. The molecule has 0 aliphatic carbocycles. The molecule has 2 rings (SSSR count). The summed E-state index contributed by atoms with van der Waals surface area (Å²) in [6.07, 6.45) is 2.65. The highest BCUT2D eigenvalue weighted by Gasteiger charge is 2.21. The molecule has 3 N–H and O–H groups in total. The number of hydrogen-bond acceptors (Lipinski definition) is 4. The summed E-state index contributed by atoms with van der Waals surface area (Å²) in [4.78, 5) is 14.6. The molecule has 0 aromatic heterocycles. The van der Waals surface area contributed by atoms with E-state index in [0.717, 1.165) is 43.6 Å². The van der Waals surface area contributed by atoms with Crippen LogP contribution in [0.15, 0.2) is 24.3 Å². The Morgan fingerprint density at radius 2 is 1.77 bits per heavy atom. The Kier molecular flexibility index (Phi) is 12.1. The standard InChI is InChI=1S/C19H31N3O2.2ClH/c1-14-6-8-17(9-7-14)18(20)19(23)21-10-4-5-11-22-12-15(2)24-16(3)13-22;;/h6-9,15-16,18H,4-5,10-13,20H2,1-3H3,(H,21,23);2*1H. The van der Waals surface area contributed by atoms with Crippen LogP contribution in [0.4, 0.5) is 0 Å². The monoisotopic (exact) mass is 405 g/mol. The molecule has 1 heterocycles. The molecule has 150 valence electrons. The smallest absolute Gasteiger partial charge is 0.241 e. The summed E-state index contributed by atoms with van der Waals surface area (Å²) in [5.41, 5.74) is 8.04. The molecule has 1 fully saturated rings. The summed E-state index contributed by atoms with van der Waals surface area (Å²) in [5.74, 6) is -0.104. The Labute approximate surface area is 169 Å². The van der Waals surface area contributed by atoms with Crippen LogP contribution < -0.4 is 11.1 Å². The Balaban J connectivity index is 0.00000312. The number of hydrogen-bond donors (Lipinski definition) is 2. The van der Waals surface area contributed by atoms with Crippen molar-refractivity contribution >= 4 is 30.7 Å². The maximum absolute atomic E-state index is 12.1. The summed E-state index contributed by atoms with van der Waals surface area (Å²) < 4.78 is 5.74. The van der Waals surface area contributed by atoms with Crippen LogP contribution >= 0.6 is 24.8 Å².